The van der Waals surface area contributed by atoms with Crippen LogP contribution in [0.3, 0.4) is 0 Å². The van der Waals surface area contributed by atoms with Crippen LogP contribution in [0, 0.1) is 0 Å². The smallest absolute Gasteiger partial charge is 0.0466 e. The van der Waals surface area contributed by atoms with Crippen LogP contribution in [0.4, 0.5) is 0 Å². The van der Waals surface area contributed by atoms with Crippen LogP contribution >= 0.6 is 0 Å². The molecule has 8 aromatic carbocycles. The van der Waals surface area contributed by atoms with Crippen molar-refractivity contribution in [3.8, 4) is 0 Å². The number of hydrogen-bond acceptors (Lipinski definition) is 1. The molecule has 0 aliphatic rings. The summed E-state index contributed by atoms with van der Waals surface area (Å²) in [6.45, 7) is 1.92. The van der Waals surface area contributed by atoms with Crippen LogP contribution in [0.1, 0.15) is 191 Å². The maximum absolute atomic E-state index is 5.96. The largest absolute Gasteiger partial charge is 0.381 e. The van der Waals surface area contributed by atoms with Gasteiger partial charge in [-0.2, -0.15) is 0 Å². The van der Waals surface area contributed by atoms with Gasteiger partial charge < -0.3 is 4.74 Å². The lowest BCUT2D eigenvalue weighted by Crippen LogP contribution is -1.97. The van der Waals surface area contributed by atoms with Crippen molar-refractivity contribution in [2.24, 2.45) is 0 Å². The predicted molar refractivity (Wildman–Crippen MR) is 306 cm³/mol. The van der Waals surface area contributed by atoms with E-state index in [4.69, 9.17) is 4.74 Å². The van der Waals surface area contributed by atoms with E-state index < -0.39 is 0 Å². The molecule has 0 unspecified atom stereocenters. The summed E-state index contributed by atoms with van der Waals surface area (Å²) in [6, 6.07) is 41.4. The average Bonchev–Trinajstić information content (AvgIpc) is 3.38. The Hall–Kier alpha value is -4.72. The molecule has 0 atom stereocenters. The van der Waals surface area contributed by atoms with Gasteiger partial charge in [-0.15, -0.1) is 0 Å². The molecule has 364 valence electrons. The third-order valence-corrected chi connectivity index (χ3v) is 15.5. The van der Waals surface area contributed by atoms with Crippen molar-refractivity contribution in [3.05, 3.63) is 145 Å². The number of unbranched alkanes of at least 4 members (excludes halogenated alkanes) is 24. The highest BCUT2D eigenvalue weighted by molar-refractivity contribution is 6.24. The van der Waals surface area contributed by atoms with E-state index in [-0.39, 0.29) is 0 Å². The summed E-state index contributed by atoms with van der Waals surface area (Å²) in [6.07, 6.45) is 49.6. The molecule has 0 fully saturated rings. The lowest BCUT2D eigenvalue weighted by atomic mass is 9.90. The Bertz CT molecular complexity index is 2510. The van der Waals surface area contributed by atoms with Gasteiger partial charge in [0.05, 0.1) is 0 Å². The van der Waals surface area contributed by atoms with E-state index in [1.807, 2.05) is 0 Å². The third kappa shape index (κ3) is 15.1. The minimum absolute atomic E-state index is 0.960. The van der Waals surface area contributed by atoms with Crippen LogP contribution in [-0.2, 0) is 17.6 Å². The van der Waals surface area contributed by atoms with Crippen molar-refractivity contribution in [1.29, 1.82) is 0 Å². The molecule has 1 heteroatoms. The molecule has 8 aromatic rings. The molecule has 0 bridgehead atoms. The van der Waals surface area contributed by atoms with Gasteiger partial charge in [-0.1, -0.05) is 236 Å². The number of hydrogen-bond donors (Lipinski definition) is 0. The molecule has 0 spiro atoms. The second-order valence-electron chi connectivity index (χ2n) is 20.9. The average molecular weight is 919 g/mol. The molecule has 0 saturated heterocycles. The van der Waals surface area contributed by atoms with E-state index in [0.717, 1.165) is 13.2 Å². The molecule has 0 aliphatic heterocycles. The summed E-state index contributed by atoms with van der Waals surface area (Å²) in [5, 5.41) is 17.0. The molecule has 0 radical (unpaired) electrons. The van der Waals surface area contributed by atoms with Crippen LogP contribution in [0.2, 0.25) is 0 Å². The SMILES string of the molecule is C(=C/CCCCCCCCc1ccc2ccc3cccc4ccc1c2c34)/CCCCCCCCOCCCCCCCC/C=C\CCCCCCCCc1ccc2ccc3cccc4ccc1c2c34. The van der Waals surface area contributed by atoms with Crippen molar-refractivity contribution < 1.29 is 4.74 Å². The minimum Gasteiger partial charge on any atom is -0.381 e. The van der Waals surface area contributed by atoms with Gasteiger partial charge >= 0.3 is 0 Å². The van der Waals surface area contributed by atoms with Crippen molar-refractivity contribution in [2.75, 3.05) is 13.2 Å². The number of allylic oxidation sites excluding steroid dienone is 4. The molecule has 0 aromatic heterocycles. The summed E-state index contributed by atoms with van der Waals surface area (Å²) in [4.78, 5) is 0. The Morgan fingerprint density at radius 1 is 0.246 bits per heavy atom. The minimum atomic E-state index is 0.960. The van der Waals surface area contributed by atoms with Crippen molar-refractivity contribution >= 4 is 64.6 Å². The highest BCUT2D eigenvalue weighted by Gasteiger charge is 2.12. The Kier molecular flexibility index (Phi) is 21.2. The Labute approximate surface area is 417 Å². The summed E-state index contributed by atoms with van der Waals surface area (Å²) >= 11 is 0. The normalized spacial score (nSPS) is 12.4. The Morgan fingerprint density at radius 2 is 0.522 bits per heavy atom. The monoisotopic (exact) mass is 919 g/mol. The summed E-state index contributed by atoms with van der Waals surface area (Å²) in [5.41, 5.74) is 3.05. The first-order valence-corrected chi connectivity index (χ1v) is 28.5. The second-order valence-corrected chi connectivity index (χ2v) is 20.9. The van der Waals surface area contributed by atoms with Gasteiger partial charge in [0.15, 0.2) is 0 Å². The molecule has 0 saturated carbocycles. The number of benzene rings is 8. The van der Waals surface area contributed by atoms with Crippen molar-refractivity contribution in [2.45, 2.75) is 193 Å². The molecule has 0 heterocycles. The van der Waals surface area contributed by atoms with E-state index >= 15 is 0 Å². The molecule has 8 rings (SSSR count). The van der Waals surface area contributed by atoms with Gasteiger partial charge in [0.2, 0.25) is 0 Å². The van der Waals surface area contributed by atoms with Gasteiger partial charge in [-0.05, 0) is 166 Å². The van der Waals surface area contributed by atoms with Gasteiger partial charge in [0, 0.05) is 13.2 Å². The quantitative estimate of drug-likeness (QED) is 0.0216. The van der Waals surface area contributed by atoms with E-state index in [0.29, 0.717) is 0 Å². The first-order valence-electron chi connectivity index (χ1n) is 28.5. The van der Waals surface area contributed by atoms with Crippen molar-refractivity contribution in [3.63, 3.8) is 0 Å². The third-order valence-electron chi connectivity index (χ3n) is 15.5. The van der Waals surface area contributed by atoms with Crippen LogP contribution in [0.5, 0.6) is 0 Å². The van der Waals surface area contributed by atoms with E-state index in [1.165, 1.54) is 268 Å². The zero-order chi connectivity index (χ0) is 47.0. The lowest BCUT2D eigenvalue weighted by Gasteiger charge is -2.14. The Morgan fingerprint density at radius 3 is 0.884 bits per heavy atom. The van der Waals surface area contributed by atoms with Crippen LogP contribution in [0.25, 0.3) is 64.6 Å². The molecule has 1 nitrogen and oxygen atoms in total. The highest BCUT2D eigenvalue weighted by Crippen LogP contribution is 2.38. The lowest BCUT2D eigenvalue weighted by molar-refractivity contribution is 0.125. The molecule has 69 heavy (non-hydrogen) atoms. The van der Waals surface area contributed by atoms with E-state index in [1.54, 1.807) is 0 Å². The number of ether oxygens (including phenoxy) is 1. The Balaban J connectivity index is 0.514. The zero-order valence-electron chi connectivity index (χ0n) is 42.7. The topological polar surface area (TPSA) is 9.23 Å². The predicted octanol–water partition coefficient (Wildman–Crippen LogP) is 21.3. The first kappa shape index (κ1) is 50.7. The molecule has 0 N–H and O–H groups in total. The summed E-state index contributed by atoms with van der Waals surface area (Å²) in [7, 11) is 0. The van der Waals surface area contributed by atoms with Gasteiger partial charge in [0.25, 0.3) is 0 Å². The van der Waals surface area contributed by atoms with E-state index in [2.05, 4.69) is 133 Å². The molecular weight excluding hydrogens is 833 g/mol. The van der Waals surface area contributed by atoms with Crippen molar-refractivity contribution in [1.82, 2.24) is 0 Å². The molecular formula is C68H86O. The van der Waals surface area contributed by atoms with Gasteiger partial charge in [-0.3, -0.25) is 0 Å². The van der Waals surface area contributed by atoms with Crippen LogP contribution in [-0.4, -0.2) is 13.2 Å². The maximum atomic E-state index is 5.96. The van der Waals surface area contributed by atoms with Crippen LogP contribution < -0.4 is 0 Å². The summed E-state index contributed by atoms with van der Waals surface area (Å²) in [5.74, 6) is 0. The maximum Gasteiger partial charge on any atom is 0.0466 e. The molecule has 0 amide bonds. The fourth-order valence-electron chi connectivity index (χ4n) is 11.5. The number of aryl methyl sites for hydroxylation is 2. The van der Waals surface area contributed by atoms with Gasteiger partial charge in [0.1, 0.15) is 0 Å². The fraction of sp³-hybridized carbons (Fsp3) is 0.471. The highest BCUT2D eigenvalue weighted by atomic mass is 16.5. The zero-order valence-corrected chi connectivity index (χ0v) is 42.7. The van der Waals surface area contributed by atoms with Gasteiger partial charge in [-0.25, -0.2) is 0 Å². The fourth-order valence-corrected chi connectivity index (χ4v) is 11.5. The standard InChI is InChI=1S/C68H86O/c1(5-9-13-17-21-25-29-35-55-41-43-61-47-45-57-37-33-39-59-49-51-63(55)67(61)65(57)59)3-7-11-15-19-23-27-31-53-69-54-32-28-24-20-16-12-8-4-2-6-10-14-18-22-26-30-36-56-42-44-62-48-46-58-38-34-40-60-50-52-64(56)68(62)66(58)60/h1-4,33-34,37-52H,5-32,35-36,53-54H2/b3-1-,4-2-. The number of rotatable bonds is 36. The van der Waals surface area contributed by atoms with E-state index in [9.17, 15) is 0 Å². The second kappa shape index (κ2) is 28.8. The summed E-state index contributed by atoms with van der Waals surface area (Å²) < 4.78 is 5.96. The van der Waals surface area contributed by atoms with Crippen LogP contribution in [0.15, 0.2) is 133 Å². The molecule has 0 aliphatic carbocycles. The first-order chi connectivity index (χ1) is 34.3.